The van der Waals surface area contributed by atoms with Crippen LogP contribution >= 0.6 is 11.3 Å². The van der Waals surface area contributed by atoms with E-state index in [1.54, 1.807) is 18.4 Å². The molecule has 2 aromatic carbocycles. The average Bonchev–Trinajstić information content (AvgIpc) is 3.57. The second-order valence-electron chi connectivity index (χ2n) is 10.6. The maximum absolute atomic E-state index is 14.1. The summed E-state index contributed by atoms with van der Waals surface area (Å²) >= 11 is 1.70. The van der Waals surface area contributed by atoms with E-state index in [-0.39, 0.29) is 29.8 Å². The molecule has 1 aromatic heterocycles. The van der Waals surface area contributed by atoms with Crippen molar-refractivity contribution < 1.29 is 9.59 Å². The number of hydrogen-bond acceptors (Lipinski definition) is 5. The van der Waals surface area contributed by atoms with E-state index in [4.69, 9.17) is 4.98 Å². The van der Waals surface area contributed by atoms with Gasteiger partial charge in [0.25, 0.3) is 0 Å². The molecule has 3 aromatic rings. The second-order valence-corrected chi connectivity index (χ2v) is 11.8. The van der Waals surface area contributed by atoms with Crippen molar-refractivity contribution in [2.45, 2.75) is 76.9 Å². The monoisotopic (exact) mass is 518 g/mol. The maximum atomic E-state index is 14.1. The van der Waals surface area contributed by atoms with Gasteiger partial charge in [0.2, 0.25) is 11.8 Å². The fraction of sp³-hybridized carbons (Fsp3) is 0.500. The lowest BCUT2D eigenvalue weighted by Gasteiger charge is -2.35. The number of nitrogens with one attached hydrogen (secondary N) is 2. The Labute approximate surface area is 223 Å². The smallest absolute Gasteiger partial charge is 0.246 e. The van der Waals surface area contributed by atoms with Gasteiger partial charge < -0.3 is 15.5 Å². The minimum absolute atomic E-state index is 0.0374. The van der Waals surface area contributed by atoms with E-state index >= 15 is 0 Å². The second kappa shape index (κ2) is 11.3. The van der Waals surface area contributed by atoms with Crippen LogP contribution < -0.4 is 10.6 Å². The molecular formula is C30H38N4O2S. The van der Waals surface area contributed by atoms with Crippen LogP contribution in [-0.4, -0.2) is 47.4 Å². The van der Waals surface area contributed by atoms with Gasteiger partial charge in [0.1, 0.15) is 11.0 Å². The molecule has 6 nitrogen and oxygen atoms in total. The highest BCUT2D eigenvalue weighted by Gasteiger charge is 2.40. The number of aromatic nitrogens is 1. The van der Waals surface area contributed by atoms with Crippen LogP contribution in [0.3, 0.4) is 0 Å². The predicted molar refractivity (Wildman–Crippen MR) is 151 cm³/mol. The van der Waals surface area contributed by atoms with Crippen molar-refractivity contribution in [1.29, 1.82) is 0 Å². The fourth-order valence-electron chi connectivity index (χ4n) is 5.97. The van der Waals surface area contributed by atoms with Crippen molar-refractivity contribution in [1.82, 2.24) is 20.5 Å². The highest BCUT2D eigenvalue weighted by atomic mass is 32.1. The number of likely N-dealkylation sites (tertiary alicyclic amines) is 1. The van der Waals surface area contributed by atoms with Crippen LogP contribution in [0.2, 0.25) is 0 Å². The van der Waals surface area contributed by atoms with Crippen molar-refractivity contribution >= 4 is 33.9 Å². The highest BCUT2D eigenvalue weighted by molar-refractivity contribution is 7.12. The molecule has 2 amide bonds. The first-order valence-electron chi connectivity index (χ1n) is 13.7. The Bertz CT molecular complexity index is 1260. The molecule has 3 atom stereocenters. The number of thiazole rings is 1. The van der Waals surface area contributed by atoms with Crippen LogP contribution in [0.5, 0.6) is 0 Å². The summed E-state index contributed by atoms with van der Waals surface area (Å²) in [5.41, 5.74) is 2.15. The van der Waals surface area contributed by atoms with Gasteiger partial charge in [-0.3, -0.25) is 9.59 Å². The van der Waals surface area contributed by atoms with Crippen LogP contribution in [0.25, 0.3) is 22.0 Å². The van der Waals surface area contributed by atoms with Crippen LogP contribution in [0, 0.1) is 12.8 Å². The van der Waals surface area contributed by atoms with E-state index in [1.165, 1.54) is 22.1 Å². The lowest BCUT2D eigenvalue weighted by atomic mass is 9.83. The number of amides is 2. The van der Waals surface area contributed by atoms with Gasteiger partial charge in [-0.15, -0.1) is 11.3 Å². The Balaban J connectivity index is 1.43. The number of benzene rings is 2. The molecule has 196 valence electrons. The lowest BCUT2D eigenvalue weighted by molar-refractivity contribution is -0.139. The molecule has 1 saturated carbocycles. The van der Waals surface area contributed by atoms with E-state index in [0.717, 1.165) is 54.8 Å². The van der Waals surface area contributed by atoms with Crippen molar-refractivity contribution in [3.63, 3.8) is 0 Å². The molecule has 0 bridgehead atoms. The molecule has 7 heteroatoms. The summed E-state index contributed by atoms with van der Waals surface area (Å²) in [5, 5.41) is 9.55. The third-order valence-corrected chi connectivity index (χ3v) is 9.26. The predicted octanol–water partition coefficient (Wildman–Crippen LogP) is 5.61. The van der Waals surface area contributed by atoms with Crippen LogP contribution in [0.15, 0.2) is 42.5 Å². The molecule has 1 saturated heterocycles. The third-order valence-electron chi connectivity index (χ3n) is 8.19. The van der Waals surface area contributed by atoms with Crippen molar-refractivity contribution in [3.05, 3.63) is 52.3 Å². The lowest BCUT2D eigenvalue weighted by Crippen LogP contribution is -2.55. The number of fused-ring (bicyclic) bond motifs is 1. The summed E-state index contributed by atoms with van der Waals surface area (Å²) in [6.07, 6.45) is 7.29. The van der Waals surface area contributed by atoms with Gasteiger partial charge >= 0.3 is 0 Å². The van der Waals surface area contributed by atoms with Crippen LogP contribution in [-0.2, 0) is 9.59 Å². The van der Waals surface area contributed by atoms with E-state index in [9.17, 15) is 9.59 Å². The largest absolute Gasteiger partial charge is 0.343 e. The number of hydrogen-bond donors (Lipinski definition) is 2. The van der Waals surface area contributed by atoms with Crippen LogP contribution in [0.4, 0.5) is 0 Å². The molecule has 0 radical (unpaired) electrons. The van der Waals surface area contributed by atoms with Gasteiger partial charge in [0.05, 0.1) is 17.8 Å². The zero-order chi connectivity index (χ0) is 25.9. The molecular weight excluding hydrogens is 480 g/mol. The number of aryl methyl sites for hydroxylation is 1. The average molecular weight is 519 g/mol. The molecule has 1 aliphatic carbocycles. The molecule has 2 aliphatic rings. The molecule has 2 fully saturated rings. The first-order chi connectivity index (χ1) is 18.0. The summed E-state index contributed by atoms with van der Waals surface area (Å²) < 4.78 is 0. The van der Waals surface area contributed by atoms with Crippen molar-refractivity contribution in [3.8, 4) is 11.3 Å². The number of carbonyl (C=O) groups is 2. The molecule has 37 heavy (non-hydrogen) atoms. The number of rotatable bonds is 7. The Morgan fingerprint density at radius 2 is 1.78 bits per heavy atom. The van der Waals surface area contributed by atoms with E-state index in [1.807, 2.05) is 11.8 Å². The van der Waals surface area contributed by atoms with Gasteiger partial charge in [-0.25, -0.2) is 4.98 Å². The first-order valence-corrected chi connectivity index (χ1v) is 14.5. The number of likely N-dealkylation sites (N-methyl/N-ethyl adjacent to an activating group) is 1. The highest BCUT2D eigenvalue weighted by Crippen LogP contribution is 2.40. The van der Waals surface area contributed by atoms with Gasteiger partial charge in [-0.2, -0.15) is 0 Å². The molecule has 2 N–H and O–H groups in total. The summed E-state index contributed by atoms with van der Waals surface area (Å²) in [5.74, 6) is 0.149. The van der Waals surface area contributed by atoms with Gasteiger partial charge in [-0.1, -0.05) is 61.7 Å². The fourth-order valence-corrected chi connectivity index (χ4v) is 7.05. The molecule has 1 aliphatic heterocycles. The Hall–Kier alpha value is -2.77. The Kier molecular flexibility index (Phi) is 7.91. The maximum Gasteiger partial charge on any atom is 0.246 e. The molecule has 1 unspecified atom stereocenters. The molecule has 2 heterocycles. The Morgan fingerprint density at radius 1 is 1.03 bits per heavy atom. The minimum atomic E-state index is -0.470. The first kappa shape index (κ1) is 25.9. The van der Waals surface area contributed by atoms with E-state index < -0.39 is 6.04 Å². The van der Waals surface area contributed by atoms with Gasteiger partial charge in [-0.05, 0) is 63.3 Å². The third kappa shape index (κ3) is 5.30. The van der Waals surface area contributed by atoms with Crippen molar-refractivity contribution in [2.75, 3.05) is 13.6 Å². The normalized spacial score (nSPS) is 20.2. The zero-order valence-electron chi connectivity index (χ0n) is 22.1. The molecule has 5 rings (SSSR count). The minimum Gasteiger partial charge on any atom is -0.343 e. The zero-order valence-corrected chi connectivity index (χ0v) is 22.9. The number of nitrogens with zero attached hydrogens (tertiary/aromatic N) is 2. The summed E-state index contributed by atoms with van der Waals surface area (Å²) in [7, 11) is 1.77. The van der Waals surface area contributed by atoms with Gasteiger partial charge in [0.15, 0.2) is 0 Å². The number of carbonyl (C=O) groups excluding carboxylic acids is 2. The summed E-state index contributed by atoms with van der Waals surface area (Å²) in [6, 6.07) is 13.9. The summed E-state index contributed by atoms with van der Waals surface area (Å²) in [6.45, 7) is 4.68. The van der Waals surface area contributed by atoms with Crippen LogP contribution in [0.1, 0.15) is 67.8 Å². The SMILES string of the molecule is CN[C@@H](C)C(=O)NC(C(=O)N1CCC[C@H]1c1nc(-c2cccc3ccccc23)c(C)s1)C1CCCCC1. The topological polar surface area (TPSA) is 74.3 Å². The molecule has 0 spiro atoms. The summed E-state index contributed by atoms with van der Waals surface area (Å²) in [4.78, 5) is 35.3. The Morgan fingerprint density at radius 3 is 2.57 bits per heavy atom. The van der Waals surface area contributed by atoms with E-state index in [2.05, 4.69) is 60.0 Å². The van der Waals surface area contributed by atoms with Gasteiger partial charge in [0, 0.05) is 17.0 Å². The standard InChI is InChI=1S/C30H38N4O2S/c1-19(31-3)28(35)32-27(22-12-5-4-6-13-22)30(36)34-18-10-17-25(34)29-33-26(20(2)37-29)24-16-9-14-21-11-7-8-15-23(21)24/h7-9,11,14-16,19,22,25,27,31H,4-6,10,12-13,17-18H2,1-3H3,(H,32,35)/t19-,25-,27?/m0/s1. The quantitative estimate of drug-likeness (QED) is 0.426. The van der Waals surface area contributed by atoms with Crippen molar-refractivity contribution in [2.24, 2.45) is 5.92 Å². The van der Waals surface area contributed by atoms with E-state index in [0.29, 0.717) is 6.54 Å².